The second-order valence-electron chi connectivity index (χ2n) is 6.31. The predicted molar refractivity (Wildman–Crippen MR) is 116 cm³/mol. The first-order chi connectivity index (χ1) is 14.4. The van der Waals surface area contributed by atoms with Gasteiger partial charge in [0.2, 0.25) is 0 Å². The van der Waals surface area contributed by atoms with Gasteiger partial charge in [0.15, 0.2) is 5.69 Å². The van der Waals surface area contributed by atoms with Crippen LogP contribution in [0.4, 0.5) is 5.69 Å². The summed E-state index contributed by atoms with van der Waals surface area (Å²) in [6, 6.07) is 12.5. The van der Waals surface area contributed by atoms with E-state index in [4.69, 9.17) is 15.2 Å². The molecule has 3 rings (SSSR count). The van der Waals surface area contributed by atoms with Crippen LogP contribution in [-0.4, -0.2) is 28.7 Å². The highest BCUT2D eigenvalue weighted by Crippen LogP contribution is 2.27. The molecule has 2 aromatic carbocycles. The van der Waals surface area contributed by atoms with Gasteiger partial charge >= 0.3 is 0 Å². The Balaban J connectivity index is 1.82. The van der Waals surface area contributed by atoms with Crippen LogP contribution in [0.15, 0.2) is 53.1 Å². The highest BCUT2D eigenvalue weighted by atomic mass is 79.9. The lowest BCUT2D eigenvalue weighted by molar-refractivity contribution is 0.0995. The van der Waals surface area contributed by atoms with Crippen LogP contribution in [0.2, 0.25) is 0 Å². The number of amides is 2. The fourth-order valence-electron chi connectivity index (χ4n) is 2.80. The summed E-state index contributed by atoms with van der Waals surface area (Å²) in [5.41, 5.74) is 6.70. The summed E-state index contributed by atoms with van der Waals surface area (Å²) in [6.45, 7) is 2.60. The van der Waals surface area contributed by atoms with Crippen LogP contribution in [0.25, 0.3) is 0 Å². The molecule has 0 radical (unpaired) electrons. The summed E-state index contributed by atoms with van der Waals surface area (Å²) in [7, 11) is 1.55. The molecule has 0 spiro atoms. The summed E-state index contributed by atoms with van der Waals surface area (Å²) < 4.78 is 13.6. The fraction of sp³-hybridized carbons (Fsp3) is 0.190. The Morgan fingerprint density at radius 2 is 1.97 bits per heavy atom. The molecule has 9 heteroatoms. The Kier molecular flexibility index (Phi) is 6.73. The van der Waals surface area contributed by atoms with Gasteiger partial charge in [0, 0.05) is 23.9 Å². The van der Waals surface area contributed by atoms with Gasteiger partial charge in [0.1, 0.15) is 18.1 Å². The van der Waals surface area contributed by atoms with Crippen molar-refractivity contribution in [2.45, 2.75) is 20.1 Å². The number of carbonyl (C=O) groups is 2. The average Bonchev–Trinajstić information content (AvgIpc) is 3.16. The molecular weight excluding hydrogens is 452 g/mol. The molecule has 3 N–H and O–H groups in total. The number of carbonyl (C=O) groups excluding carboxylic acids is 2. The van der Waals surface area contributed by atoms with E-state index < -0.39 is 11.8 Å². The molecule has 0 fully saturated rings. The van der Waals surface area contributed by atoms with Crippen LogP contribution in [-0.2, 0) is 13.2 Å². The van der Waals surface area contributed by atoms with Crippen LogP contribution < -0.4 is 20.5 Å². The quantitative estimate of drug-likeness (QED) is 0.520. The van der Waals surface area contributed by atoms with E-state index in [9.17, 15) is 9.59 Å². The highest BCUT2D eigenvalue weighted by molar-refractivity contribution is 9.10. The van der Waals surface area contributed by atoms with E-state index in [1.165, 1.54) is 4.68 Å². The molecular formula is C21H21BrN4O4. The number of hydrogen-bond donors (Lipinski definition) is 2. The van der Waals surface area contributed by atoms with E-state index >= 15 is 0 Å². The molecule has 0 saturated heterocycles. The molecule has 2 amide bonds. The number of primary amides is 1. The molecule has 0 atom stereocenters. The van der Waals surface area contributed by atoms with E-state index in [0.717, 1.165) is 4.47 Å². The van der Waals surface area contributed by atoms with Crippen molar-refractivity contribution in [2.75, 3.05) is 12.4 Å². The third kappa shape index (κ3) is 4.80. The molecule has 1 aromatic heterocycles. The van der Waals surface area contributed by atoms with E-state index in [0.29, 0.717) is 29.2 Å². The molecule has 3 aromatic rings. The first-order valence-corrected chi connectivity index (χ1v) is 9.95. The number of benzene rings is 2. The number of para-hydroxylation sites is 1. The Bertz CT molecular complexity index is 1080. The van der Waals surface area contributed by atoms with E-state index in [-0.39, 0.29) is 18.0 Å². The zero-order chi connectivity index (χ0) is 21.7. The van der Waals surface area contributed by atoms with Gasteiger partial charge in [-0.05, 0) is 53.2 Å². The van der Waals surface area contributed by atoms with Gasteiger partial charge in [-0.15, -0.1) is 0 Å². The summed E-state index contributed by atoms with van der Waals surface area (Å²) >= 11 is 3.44. The number of rotatable bonds is 8. The normalized spacial score (nSPS) is 10.5. The molecule has 0 aliphatic heterocycles. The third-order valence-corrected chi connectivity index (χ3v) is 4.98. The van der Waals surface area contributed by atoms with Crippen molar-refractivity contribution in [1.82, 2.24) is 9.78 Å². The van der Waals surface area contributed by atoms with E-state index in [1.807, 2.05) is 31.2 Å². The number of anilines is 1. The maximum atomic E-state index is 12.8. The molecule has 8 nitrogen and oxygen atoms in total. The topological polar surface area (TPSA) is 108 Å². The van der Waals surface area contributed by atoms with Crippen molar-refractivity contribution in [3.63, 3.8) is 0 Å². The van der Waals surface area contributed by atoms with Gasteiger partial charge in [-0.2, -0.15) is 5.10 Å². The lowest BCUT2D eigenvalue weighted by Gasteiger charge is -2.13. The van der Waals surface area contributed by atoms with Gasteiger partial charge < -0.3 is 20.5 Å². The number of hydrogen-bond acceptors (Lipinski definition) is 5. The van der Waals surface area contributed by atoms with Crippen molar-refractivity contribution in [3.8, 4) is 11.5 Å². The number of aryl methyl sites for hydroxylation is 1. The largest absolute Gasteiger partial charge is 0.496 e. The van der Waals surface area contributed by atoms with Crippen molar-refractivity contribution in [2.24, 2.45) is 5.73 Å². The molecule has 0 bridgehead atoms. The average molecular weight is 473 g/mol. The standard InChI is InChI=1S/C21H21BrN4O4/c1-3-26-11-16(19(25-26)20(23)27)24-21(28)13-8-9-17(29-2)14(10-13)12-30-18-7-5-4-6-15(18)22/h4-11H,3,12H2,1-2H3,(H2,23,27)(H,24,28). The van der Waals surface area contributed by atoms with Gasteiger partial charge in [0.05, 0.1) is 17.3 Å². The minimum atomic E-state index is -0.713. The van der Waals surface area contributed by atoms with Crippen LogP contribution >= 0.6 is 15.9 Å². The number of ether oxygens (including phenoxy) is 2. The molecule has 0 unspecified atom stereocenters. The Morgan fingerprint density at radius 3 is 2.63 bits per heavy atom. The van der Waals surface area contributed by atoms with E-state index in [1.54, 1.807) is 31.5 Å². The van der Waals surface area contributed by atoms with Gasteiger partial charge in [-0.3, -0.25) is 14.3 Å². The minimum absolute atomic E-state index is 0.0104. The lowest BCUT2D eigenvalue weighted by atomic mass is 10.1. The fourth-order valence-corrected chi connectivity index (χ4v) is 3.20. The second-order valence-corrected chi connectivity index (χ2v) is 7.17. The van der Waals surface area contributed by atoms with Crippen molar-refractivity contribution < 1.29 is 19.1 Å². The molecule has 0 aliphatic rings. The van der Waals surface area contributed by atoms with Crippen molar-refractivity contribution >= 4 is 33.4 Å². The summed E-state index contributed by atoms with van der Waals surface area (Å²) in [5, 5.41) is 6.77. The Hall–Kier alpha value is -3.33. The maximum Gasteiger partial charge on any atom is 0.271 e. The second kappa shape index (κ2) is 9.45. The zero-order valence-corrected chi connectivity index (χ0v) is 18.1. The number of nitrogens with one attached hydrogen (secondary N) is 1. The van der Waals surface area contributed by atoms with Gasteiger partial charge in [-0.25, -0.2) is 0 Å². The van der Waals surface area contributed by atoms with Gasteiger partial charge in [-0.1, -0.05) is 12.1 Å². The summed E-state index contributed by atoms with van der Waals surface area (Å²) in [4.78, 5) is 24.4. The number of methoxy groups -OCH3 is 1. The van der Waals surface area contributed by atoms with Crippen molar-refractivity contribution in [3.05, 3.63) is 70.0 Å². The smallest absolute Gasteiger partial charge is 0.271 e. The molecule has 156 valence electrons. The first kappa shape index (κ1) is 21.4. The predicted octanol–water partition coefficient (Wildman–Crippen LogP) is 3.60. The highest BCUT2D eigenvalue weighted by Gasteiger charge is 2.18. The number of halogens is 1. The summed E-state index contributed by atoms with van der Waals surface area (Å²) in [5.74, 6) is 0.149. The lowest BCUT2D eigenvalue weighted by Crippen LogP contribution is -2.18. The van der Waals surface area contributed by atoms with Crippen LogP contribution in [0.1, 0.15) is 33.3 Å². The Morgan fingerprint density at radius 1 is 1.20 bits per heavy atom. The zero-order valence-electron chi connectivity index (χ0n) is 16.5. The number of nitrogens with two attached hydrogens (primary N) is 1. The monoisotopic (exact) mass is 472 g/mol. The minimum Gasteiger partial charge on any atom is -0.496 e. The number of nitrogens with zero attached hydrogens (tertiary/aromatic N) is 2. The molecule has 0 saturated carbocycles. The maximum absolute atomic E-state index is 12.8. The van der Waals surface area contributed by atoms with Gasteiger partial charge in [0.25, 0.3) is 11.8 Å². The third-order valence-electron chi connectivity index (χ3n) is 4.33. The SMILES string of the molecule is CCn1cc(NC(=O)c2ccc(OC)c(COc3ccccc3Br)c2)c(C(N)=O)n1. The van der Waals surface area contributed by atoms with Crippen LogP contribution in [0.3, 0.4) is 0 Å². The van der Waals surface area contributed by atoms with E-state index in [2.05, 4.69) is 26.3 Å². The van der Waals surface area contributed by atoms with Crippen molar-refractivity contribution in [1.29, 1.82) is 0 Å². The summed E-state index contributed by atoms with van der Waals surface area (Å²) in [6.07, 6.45) is 1.57. The Labute approximate surface area is 182 Å². The molecule has 1 heterocycles. The van der Waals surface area contributed by atoms with Crippen LogP contribution in [0.5, 0.6) is 11.5 Å². The molecule has 30 heavy (non-hydrogen) atoms. The number of aromatic nitrogens is 2. The molecule has 0 aliphatic carbocycles. The van der Waals surface area contributed by atoms with Crippen LogP contribution in [0, 0.1) is 0 Å². The first-order valence-electron chi connectivity index (χ1n) is 9.15.